The van der Waals surface area contributed by atoms with E-state index in [0.29, 0.717) is 28.8 Å². The first kappa shape index (κ1) is 14.6. The molecule has 1 N–H and O–H groups in total. The van der Waals surface area contributed by atoms with Gasteiger partial charge < -0.3 is 9.63 Å². The van der Waals surface area contributed by atoms with Crippen molar-refractivity contribution < 1.29 is 14.4 Å². The van der Waals surface area contributed by atoms with E-state index in [0.717, 1.165) is 11.1 Å². The van der Waals surface area contributed by atoms with Crippen LogP contribution in [0.15, 0.2) is 22.7 Å². The van der Waals surface area contributed by atoms with Crippen LogP contribution in [0.3, 0.4) is 0 Å². The summed E-state index contributed by atoms with van der Waals surface area (Å²) in [5.74, 6) is -0.316. The highest BCUT2D eigenvalue weighted by Crippen LogP contribution is 2.30. The molecule has 1 aromatic heterocycles. The molecule has 0 bridgehead atoms. The Bertz CT molecular complexity index is 647. The van der Waals surface area contributed by atoms with Gasteiger partial charge in [0.2, 0.25) is 0 Å². The van der Waals surface area contributed by atoms with Gasteiger partial charge in [-0.25, -0.2) is 4.79 Å². The average Bonchev–Trinajstić information content (AvgIpc) is 2.71. The first-order valence-corrected chi connectivity index (χ1v) is 6.76. The molecular weight excluding hydrogens is 278 g/mol. The predicted octanol–water partition coefficient (Wildman–Crippen LogP) is 4.20. The zero-order valence-electron chi connectivity index (χ0n) is 11.6. The molecule has 0 atom stereocenters. The summed E-state index contributed by atoms with van der Waals surface area (Å²) >= 11 is 5.92. The largest absolute Gasteiger partial charge is 0.477 e. The van der Waals surface area contributed by atoms with Crippen LogP contribution in [0, 0.1) is 12.8 Å². The summed E-state index contributed by atoms with van der Waals surface area (Å²) in [6.45, 7) is 5.87. The van der Waals surface area contributed by atoms with Crippen molar-refractivity contribution in [3.05, 3.63) is 40.1 Å². The van der Waals surface area contributed by atoms with Crippen molar-refractivity contribution in [1.82, 2.24) is 5.16 Å². The zero-order valence-corrected chi connectivity index (χ0v) is 12.4. The Kier molecular flexibility index (Phi) is 4.14. The quantitative estimate of drug-likeness (QED) is 0.917. The molecule has 4 nitrogen and oxygen atoms in total. The fraction of sp³-hybridized carbons (Fsp3) is 0.333. The summed E-state index contributed by atoms with van der Waals surface area (Å²) in [6, 6.07) is 5.26. The molecule has 20 heavy (non-hydrogen) atoms. The van der Waals surface area contributed by atoms with E-state index in [1.54, 1.807) is 18.2 Å². The van der Waals surface area contributed by atoms with Gasteiger partial charge in [0, 0.05) is 17.0 Å². The molecule has 0 unspecified atom stereocenters. The van der Waals surface area contributed by atoms with E-state index in [4.69, 9.17) is 16.1 Å². The summed E-state index contributed by atoms with van der Waals surface area (Å²) in [7, 11) is 0. The Morgan fingerprint density at radius 3 is 2.70 bits per heavy atom. The fourth-order valence-electron chi connectivity index (χ4n) is 2.13. The van der Waals surface area contributed by atoms with Gasteiger partial charge in [-0.15, -0.1) is 0 Å². The number of carboxylic acid groups (broad SMARTS) is 1. The van der Waals surface area contributed by atoms with Gasteiger partial charge in [-0.2, -0.15) is 0 Å². The second-order valence-electron chi connectivity index (χ2n) is 5.19. The molecule has 0 radical (unpaired) electrons. The van der Waals surface area contributed by atoms with Crippen LogP contribution >= 0.6 is 11.6 Å². The van der Waals surface area contributed by atoms with Crippen LogP contribution in [-0.4, -0.2) is 16.2 Å². The zero-order chi connectivity index (χ0) is 14.9. The number of aromatic nitrogens is 1. The minimum absolute atomic E-state index is 0.143. The molecule has 5 heteroatoms. The third-order valence-electron chi connectivity index (χ3n) is 3.01. The van der Waals surface area contributed by atoms with E-state index in [2.05, 4.69) is 5.16 Å². The van der Waals surface area contributed by atoms with Gasteiger partial charge in [-0.3, -0.25) is 0 Å². The minimum atomic E-state index is -1.02. The van der Waals surface area contributed by atoms with Crippen molar-refractivity contribution >= 4 is 17.6 Å². The van der Waals surface area contributed by atoms with E-state index in [9.17, 15) is 9.90 Å². The summed E-state index contributed by atoms with van der Waals surface area (Å²) in [6.07, 6.45) is 0.543. The van der Waals surface area contributed by atoms with E-state index in [1.165, 1.54) is 0 Å². The number of carboxylic acids is 1. The Balaban J connectivity index is 2.56. The molecule has 0 aliphatic heterocycles. The predicted molar refractivity (Wildman–Crippen MR) is 77.2 cm³/mol. The third kappa shape index (κ3) is 2.85. The lowest BCUT2D eigenvalue weighted by Crippen LogP contribution is -2.04. The molecule has 2 aromatic rings. The summed E-state index contributed by atoms with van der Waals surface area (Å²) in [4.78, 5) is 11.5. The van der Waals surface area contributed by atoms with Crippen molar-refractivity contribution in [1.29, 1.82) is 0 Å². The van der Waals surface area contributed by atoms with Gasteiger partial charge in [0.25, 0.3) is 0 Å². The summed E-state index contributed by atoms with van der Waals surface area (Å²) in [5, 5.41) is 14.0. The first-order chi connectivity index (χ1) is 9.40. The lowest BCUT2D eigenvalue weighted by atomic mass is 9.98. The van der Waals surface area contributed by atoms with Crippen LogP contribution in [0.4, 0.5) is 0 Å². The van der Waals surface area contributed by atoms with Crippen LogP contribution in [0.1, 0.15) is 35.5 Å². The molecule has 0 saturated heterocycles. The number of carbonyl (C=O) groups is 1. The highest BCUT2D eigenvalue weighted by molar-refractivity contribution is 6.30. The fourth-order valence-corrected chi connectivity index (χ4v) is 2.36. The van der Waals surface area contributed by atoms with Gasteiger partial charge in [-0.05, 0) is 30.5 Å². The van der Waals surface area contributed by atoms with Crippen molar-refractivity contribution in [2.24, 2.45) is 5.92 Å². The van der Waals surface area contributed by atoms with Crippen LogP contribution in [0.25, 0.3) is 11.3 Å². The van der Waals surface area contributed by atoms with E-state index in [-0.39, 0.29) is 5.56 Å². The normalized spacial score (nSPS) is 11.1. The molecule has 1 aromatic carbocycles. The number of hydrogen-bond donors (Lipinski definition) is 1. The number of benzene rings is 1. The standard InChI is InChI=1S/C15H16ClNO3/c1-8(2)6-12-13(15(18)19)14(17-20-12)11-5-4-10(16)7-9(11)3/h4-5,7-8H,6H2,1-3H3,(H,18,19). The molecule has 0 aliphatic carbocycles. The van der Waals surface area contributed by atoms with Gasteiger partial charge in [-0.1, -0.05) is 36.7 Å². The van der Waals surface area contributed by atoms with Gasteiger partial charge in [0.15, 0.2) is 5.76 Å². The smallest absolute Gasteiger partial charge is 0.341 e. The number of aromatic carboxylic acids is 1. The molecule has 0 saturated carbocycles. The van der Waals surface area contributed by atoms with Crippen molar-refractivity contribution in [3.63, 3.8) is 0 Å². The maximum absolute atomic E-state index is 11.5. The Hall–Kier alpha value is -1.81. The number of hydrogen-bond acceptors (Lipinski definition) is 3. The topological polar surface area (TPSA) is 63.3 Å². The van der Waals surface area contributed by atoms with E-state index in [1.807, 2.05) is 20.8 Å². The molecule has 106 valence electrons. The second-order valence-corrected chi connectivity index (χ2v) is 5.63. The average molecular weight is 294 g/mol. The Morgan fingerprint density at radius 2 is 2.15 bits per heavy atom. The molecule has 0 aliphatic rings. The monoisotopic (exact) mass is 293 g/mol. The maximum atomic E-state index is 11.5. The highest BCUT2D eigenvalue weighted by atomic mass is 35.5. The van der Waals surface area contributed by atoms with Crippen LogP contribution in [0.2, 0.25) is 5.02 Å². The molecule has 1 heterocycles. The third-order valence-corrected chi connectivity index (χ3v) is 3.25. The number of aryl methyl sites for hydroxylation is 1. The number of rotatable bonds is 4. The van der Waals surface area contributed by atoms with Crippen LogP contribution in [-0.2, 0) is 6.42 Å². The molecule has 0 amide bonds. The lowest BCUT2D eigenvalue weighted by Gasteiger charge is -2.05. The van der Waals surface area contributed by atoms with Gasteiger partial charge in [0.05, 0.1) is 0 Å². The SMILES string of the molecule is Cc1cc(Cl)ccc1-c1noc(CC(C)C)c1C(=O)O. The van der Waals surface area contributed by atoms with Gasteiger partial charge in [0.1, 0.15) is 11.3 Å². The minimum Gasteiger partial charge on any atom is -0.477 e. The van der Waals surface area contributed by atoms with Crippen LogP contribution < -0.4 is 0 Å². The molecule has 0 spiro atoms. The van der Waals surface area contributed by atoms with Crippen molar-refractivity contribution in [2.45, 2.75) is 27.2 Å². The second kappa shape index (κ2) is 5.67. The summed E-state index contributed by atoms with van der Waals surface area (Å²) in [5.41, 5.74) is 2.10. The highest BCUT2D eigenvalue weighted by Gasteiger charge is 2.24. The number of nitrogens with zero attached hydrogens (tertiary/aromatic N) is 1. The van der Waals surface area contributed by atoms with Crippen molar-refractivity contribution in [2.75, 3.05) is 0 Å². The van der Waals surface area contributed by atoms with E-state index < -0.39 is 5.97 Å². The maximum Gasteiger partial charge on any atom is 0.341 e. The summed E-state index contributed by atoms with van der Waals surface area (Å²) < 4.78 is 5.24. The number of halogens is 1. The Morgan fingerprint density at radius 1 is 1.45 bits per heavy atom. The molecular formula is C15H16ClNO3. The van der Waals surface area contributed by atoms with Gasteiger partial charge >= 0.3 is 5.97 Å². The van der Waals surface area contributed by atoms with Crippen LogP contribution in [0.5, 0.6) is 0 Å². The molecule has 2 rings (SSSR count). The Labute approximate surface area is 122 Å². The lowest BCUT2D eigenvalue weighted by molar-refractivity contribution is 0.0695. The first-order valence-electron chi connectivity index (χ1n) is 6.38. The van der Waals surface area contributed by atoms with E-state index >= 15 is 0 Å². The molecule has 0 fully saturated rings. The van der Waals surface area contributed by atoms with Crippen molar-refractivity contribution in [3.8, 4) is 11.3 Å².